The van der Waals surface area contributed by atoms with E-state index in [1.54, 1.807) is 11.3 Å². The number of hydrogen-bond acceptors (Lipinski definition) is 3. The molecule has 0 amide bonds. The van der Waals surface area contributed by atoms with E-state index in [-0.39, 0.29) is 6.04 Å². The van der Waals surface area contributed by atoms with E-state index in [2.05, 4.69) is 22.4 Å². The molecular weight excluding hydrogens is 192 g/mol. The number of nitrogens with zero attached hydrogens (tertiary/aromatic N) is 1. The number of benzene rings is 1. The molecule has 1 unspecified atom stereocenters. The first-order valence-corrected chi connectivity index (χ1v) is 5.41. The van der Waals surface area contributed by atoms with E-state index in [1.807, 2.05) is 36.8 Å². The second kappa shape index (κ2) is 4.35. The summed E-state index contributed by atoms with van der Waals surface area (Å²) >= 11 is 1.68. The summed E-state index contributed by atoms with van der Waals surface area (Å²) in [5.41, 5.74) is 1.25. The summed E-state index contributed by atoms with van der Waals surface area (Å²) in [5.74, 6) is 0. The highest BCUT2D eigenvalue weighted by molar-refractivity contribution is 7.09. The predicted octanol–water partition coefficient (Wildman–Crippen LogP) is 2.45. The minimum Gasteiger partial charge on any atom is -0.307 e. The normalized spacial score (nSPS) is 12.6. The van der Waals surface area contributed by atoms with Crippen molar-refractivity contribution in [1.82, 2.24) is 10.3 Å². The van der Waals surface area contributed by atoms with Gasteiger partial charge in [0.15, 0.2) is 0 Å². The lowest BCUT2D eigenvalue weighted by Crippen LogP contribution is -2.17. The van der Waals surface area contributed by atoms with Crippen molar-refractivity contribution < 1.29 is 0 Å². The fourth-order valence-electron chi connectivity index (χ4n) is 1.46. The summed E-state index contributed by atoms with van der Waals surface area (Å²) < 4.78 is 0. The Morgan fingerprint density at radius 1 is 1.29 bits per heavy atom. The van der Waals surface area contributed by atoms with Crippen molar-refractivity contribution in [3.8, 4) is 0 Å². The van der Waals surface area contributed by atoms with Gasteiger partial charge in [0.05, 0.1) is 6.04 Å². The molecule has 0 aliphatic rings. The standard InChI is InChI=1S/C11H12N2S/c1-12-10(11-13-7-8-14-11)9-5-3-2-4-6-9/h2-8,10,12H,1H3. The van der Waals surface area contributed by atoms with Gasteiger partial charge in [-0.25, -0.2) is 4.98 Å². The van der Waals surface area contributed by atoms with Crippen LogP contribution in [-0.2, 0) is 0 Å². The summed E-state index contributed by atoms with van der Waals surface area (Å²) in [6.45, 7) is 0. The lowest BCUT2D eigenvalue weighted by molar-refractivity contribution is 0.686. The van der Waals surface area contributed by atoms with Gasteiger partial charge in [0.25, 0.3) is 0 Å². The molecule has 0 bridgehead atoms. The van der Waals surface area contributed by atoms with E-state index in [9.17, 15) is 0 Å². The topological polar surface area (TPSA) is 24.9 Å². The molecule has 0 fully saturated rings. The first-order valence-electron chi connectivity index (χ1n) is 4.53. The summed E-state index contributed by atoms with van der Waals surface area (Å²) in [5, 5.41) is 6.38. The van der Waals surface area contributed by atoms with E-state index < -0.39 is 0 Å². The van der Waals surface area contributed by atoms with Crippen LogP contribution in [0.2, 0.25) is 0 Å². The number of thiazole rings is 1. The van der Waals surface area contributed by atoms with Crippen LogP contribution in [0.5, 0.6) is 0 Å². The highest BCUT2D eigenvalue weighted by Gasteiger charge is 2.12. The Kier molecular flexibility index (Phi) is 2.91. The van der Waals surface area contributed by atoms with Crippen LogP contribution in [0, 0.1) is 0 Å². The van der Waals surface area contributed by atoms with Gasteiger partial charge in [-0.15, -0.1) is 11.3 Å². The number of hydrogen-bond donors (Lipinski definition) is 1. The lowest BCUT2D eigenvalue weighted by Gasteiger charge is -2.13. The molecule has 2 nitrogen and oxygen atoms in total. The molecule has 0 saturated carbocycles. The zero-order valence-electron chi connectivity index (χ0n) is 7.97. The molecular formula is C11H12N2S. The van der Waals surface area contributed by atoms with Crippen LogP contribution in [-0.4, -0.2) is 12.0 Å². The van der Waals surface area contributed by atoms with Crippen molar-refractivity contribution in [2.24, 2.45) is 0 Å². The zero-order chi connectivity index (χ0) is 9.80. The third-order valence-electron chi connectivity index (χ3n) is 2.12. The van der Waals surface area contributed by atoms with Gasteiger partial charge >= 0.3 is 0 Å². The molecule has 0 saturated heterocycles. The SMILES string of the molecule is CNC(c1ccccc1)c1nccs1. The van der Waals surface area contributed by atoms with Crippen LogP contribution >= 0.6 is 11.3 Å². The Balaban J connectivity index is 2.31. The lowest BCUT2D eigenvalue weighted by atomic mass is 10.1. The van der Waals surface area contributed by atoms with Crippen molar-refractivity contribution in [1.29, 1.82) is 0 Å². The number of nitrogens with one attached hydrogen (secondary N) is 1. The van der Waals surface area contributed by atoms with Crippen molar-refractivity contribution in [3.05, 3.63) is 52.5 Å². The quantitative estimate of drug-likeness (QED) is 0.830. The second-order valence-corrected chi connectivity index (χ2v) is 3.93. The first-order chi connectivity index (χ1) is 6.92. The maximum Gasteiger partial charge on any atom is 0.114 e. The molecule has 1 aromatic carbocycles. The van der Waals surface area contributed by atoms with Crippen LogP contribution in [0.1, 0.15) is 16.6 Å². The summed E-state index contributed by atoms with van der Waals surface area (Å²) in [6, 6.07) is 10.6. The van der Waals surface area contributed by atoms with E-state index in [1.165, 1.54) is 5.56 Å². The predicted molar refractivity (Wildman–Crippen MR) is 59.5 cm³/mol. The Morgan fingerprint density at radius 2 is 2.07 bits per heavy atom. The van der Waals surface area contributed by atoms with Gasteiger partial charge in [0.2, 0.25) is 0 Å². The van der Waals surface area contributed by atoms with Crippen LogP contribution in [0.15, 0.2) is 41.9 Å². The van der Waals surface area contributed by atoms with Crippen LogP contribution in [0.4, 0.5) is 0 Å². The van der Waals surface area contributed by atoms with Crippen molar-refractivity contribution in [2.45, 2.75) is 6.04 Å². The first kappa shape index (κ1) is 9.37. The van der Waals surface area contributed by atoms with Gasteiger partial charge in [-0.05, 0) is 12.6 Å². The molecule has 2 rings (SSSR count). The minimum atomic E-state index is 0.219. The van der Waals surface area contributed by atoms with E-state index >= 15 is 0 Å². The highest BCUT2D eigenvalue weighted by atomic mass is 32.1. The molecule has 1 heterocycles. The van der Waals surface area contributed by atoms with Crippen molar-refractivity contribution >= 4 is 11.3 Å². The zero-order valence-corrected chi connectivity index (χ0v) is 8.79. The maximum absolute atomic E-state index is 4.32. The molecule has 0 aliphatic carbocycles. The third-order valence-corrected chi connectivity index (χ3v) is 2.96. The van der Waals surface area contributed by atoms with Crippen LogP contribution < -0.4 is 5.32 Å². The molecule has 1 N–H and O–H groups in total. The molecule has 0 aliphatic heterocycles. The van der Waals surface area contributed by atoms with Gasteiger partial charge < -0.3 is 5.32 Å². The van der Waals surface area contributed by atoms with Gasteiger partial charge in [0.1, 0.15) is 5.01 Å². The van der Waals surface area contributed by atoms with Crippen molar-refractivity contribution in [2.75, 3.05) is 7.05 Å². The average molecular weight is 204 g/mol. The molecule has 14 heavy (non-hydrogen) atoms. The molecule has 1 aromatic heterocycles. The average Bonchev–Trinajstić information content (AvgIpc) is 2.74. The number of rotatable bonds is 3. The monoisotopic (exact) mass is 204 g/mol. The van der Waals surface area contributed by atoms with Crippen LogP contribution in [0.25, 0.3) is 0 Å². The molecule has 2 aromatic rings. The Labute approximate surface area is 87.6 Å². The molecule has 0 radical (unpaired) electrons. The Hall–Kier alpha value is -1.19. The molecule has 72 valence electrons. The van der Waals surface area contributed by atoms with Crippen molar-refractivity contribution in [3.63, 3.8) is 0 Å². The molecule has 1 atom stereocenters. The Bertz CT molecular complexity index is 369. The van der Waals surface area contributed by atoms with E-state index in [0.29, 0.717) is 0 Å². The maximum atomic E-state index is 4.32. The fraction of sp³-hybridized carbons (Fsp3) is 0.182. The Morgan fingerprint density at radius 3 is 2.64 bits per heavy atom. The fourth-order valence-corrected chi connectivity index (χ4v) is 2.23. The largest absolute Gasteiger partial charge is 0.307 e. The van der Waals surface area contributed by atoms with Gasteiger partial charge in [-0.2, -0.15) is 0 Å². The summed E-state index contributed by atoms with van der Waals surface area (Å²) in [4.78, 5) is 4.32. The van der Waals surface area contributed by atoms with Gasteiger partial charge in [-0.1, -0.05) is 30.3 Å². The summed E-state index contributed by atoms with van der Waals surface area (Å²) in [6.07, 6.45) is 1.84. The minimum absolute atomic E-state index is 0.219. The molecule has 0 spiro atoms. The highest BCUT2D eigenvalue weighted by Crippen LogP contribution is 2.22. The van der Waals surface area contributed by atoms with Gasteiger partial charge in [0, 0.05) is 11.6 Å². The number of aromatic nitrogens is 1. The van der Waals surface area contributed by atoms with E-state index in [0.717, 1.165) is 5.01 Å². The molecule has 3 heteroatoms. The van der Waals surface area contributed by atoms with Gasteiger partial charge in [-0.3, -0.25) is 0 Å². The third kappa shape index (κ3) is 1.84. The summed E-state index contributed by atoms with van der Waals surface area (Å²) in [7, 11) is 1.96. The van der Waals surface area contributed by atoms with E-state index in [4.69, 9.17) is 0 Å². The van der Waals surface area contributed by atoms with Crippen LogP contribution in [0.3, 0.4) is 0 Å². The second-order valence-electron chi connectivity index (χ2n) is 3.00. The smallest absolute Gasteiger partial charge is 0.114 e.